The van der Waals surface area contributed by atoms with E-state index in [4.69, 9.17) is 11.0 Å². The summed E-state index contributed by atoms with van der Waals surface area (Å²) in [7, 11) is 0. The summed E-state index contributed by atoms with van der Waals surface area (Å²) < 4.78 is 0. The zero-order chi connectivity index (χ0) is 12.3. The number of likely N-dealkylation sites (tertiary alicyclic amines) is 1. The molecular formula is C13H18N4. The van der Waals surface area contributed by atoms with E-state index in [1.807, 2.05) is 12.1 Å². The molecular weight excluding hydrogens is 212 g/mol. The van der Waals surface area contributed by atoms with Crippen LogP contribution >= 0.6 is 0 Å². The number of piperidine rings is 1. The Bertz CT molecular complexity index is 424. The van der Waals surface area contributed by atoms with Crippen LogP contribution in [0.3, 0.4) is 0 Å². The molecule has 4 heteroatoms. The lowest BCUT2D eigenvalue weighted by Crippen LogP contribution is -2.45. The number of aromatic nitrogens is 1. The molecule has 2 unspecified atom stereocenters. The van der Waals surface area contributed by atoms with Gasteiger partial charge in [-0.3, -0.25) is 4.90 Å². The van der Waals surface area contributed by atoms with Gasteiger partial charge in [-0.25, -0.2) is 4.98 Å². The van der Waals surface area contributed by atoms with Crippen LogP contribution in [-0.2, 0) is 6.54 Å². The lowest BCUT2D eigenvalue weighted by Gasteiger charge is -2.35. The van der Waals surface area contributed by atoms with Gasteiger partial charge in [-0.2, -0.15) is 5.26 Å². The van der Waals surface area contributed by atoms with Crippen molar-refractivity contribution in [3.05, 3.63) is 29.6 Å². The maximum absolute atomic E-state index is 8.80. The maximum atomic E-state index is 8.80. The van der Waals surface area contributed by atoms with Crippen molar-refractivity contribution in [2.24, 2.45) is 11.7 Å². The van der Waals surface area contributed by atoms with Crippen LogP contribution < -0.4 is 5.73 Å². The van der Waals surface area contributed by atoms with Gasteiger partial charge in [0.05, 0.1) is 0 Å². The van der Waals surface area contributed by atoms with E-state index >= 15 is 0 Å². The van der Waals surface area contributed by atoms with Crippen molar-refractivity contribution < 1.29 is 0 Å². The highest BCUT2D eigenvalue weighted by atomic mass is 15.1. The largest absolute Gasteiger partial charge is 0.327 e. The molecule has 17 heavy (non-hydrogen) atoms. The van der Waals surface area contributed by atoms with Gasteiger partial charge >= 0.3 is 0 Å². The highest BCUT2D eigenvalue weighted by Gasteiger charge is 2.22. The first kappa shape index (κ1) is 12.0. The quantitative estimate of drug-likeness (QED) is 0.827. The highest BCUT2D eigenvalue weighted by Crippen LogP contribution is 2.17. The van der Waals surface area contributed by atoms with Crippen LogP contribution in [0.2, 0.25) is 0 Å². The van der Waals surface area contributed by atoms with E-state index in [-0.39, 0.29) is 0 Å². The predicted molar refractivity (Wildman–Crippen MR) is 66.0 cm³/mol. The van der Waals surface area contributed by atoms with Crippen LogP contribution in [0.15, 0.2) is 18.3 Å². The van der Waals surface area contributed by atoms with Crippen molar-refractivity contribution in [1.82, 2.24) is 9.88 Å². The molecule has 0 aliphatic carbocycles. The van der Waals surface area contributed by atoms with Crippen LogP contribution in [0.4, 0.5) is 0 Å². The van der Waals surface area contributed by atoms with E-state index in [0.29, 0.717) is 17.7 Å². The average molecular weight is 230 g/mol. The number of hydrogen-bond acceptors (Lipinski definition) is 4. The lowest BCUT2D eigenvalue weighted by molar-refractivity contribution is 0.158. The Hall–Kier alpha value is -1.44. The summed E-state index contributed by atoms with van der Waals surface area (Å²) in [6.45, 7) is 5.15. The van der Waals surface area contributed by atoms with Crippen LogP contribution in [0.5, 0.6) is 0 Å². The Kier molecular flexibility index (Phi) is 3.72. The summed E-state index contributed by atoms with van der Waals surface area (Å²) in [6.07, 6.45) is 2.75. The molecule has 1 aliphatic rings. The Morgan fingerprint density at radius 2 is 2.47 bits per heavy atom. The van der Waals surface area contributed by atoms with Crippen LogP contribution in [0.25, 0.3) is 0 Å². The fourth-order valence-electron chi connectivity index (χ4n) is 2.29. The number of hydrogen-bond donors (Lipinski definition) is 1. The predicted octanol–water partition coefficient (Wildman–Crippen LogP) is 1.12. The van der Waals surface area contributed by atoms with E-state index in [0.717, 1.165) is 31.6 Å². The summed E-state index contributed by atoms with van der Waals surface area (Å²) in [5, 5.41) is 8.80. The second-order valence-corrected chi connectivity index (χ2v) is 4.83. The zero-order valence-corrected chi connectivity index (χ0v) is 10.1. The minimum Gasteiger partial charge on any atom is -0.327 e. The van der Waals surface area contributed by atoms with Crippen LogP contribution in [-0.4, -0.2) is 29.0 Å². The van der Waals surface area contributed by atoms with Crippen molar-refractivity contribution in [2.75, 3.05) is 13.1 Å². The van der Waals surface area contributed by atoms with E-state index in [1.54, 1.807) is 6.20 Å². The molecule has 2 heterocycles. The van der Waals surface area contributed by atoms with Crippen LogP contribution in [0, 0.1) is 17.2 Å². The molecule has 1 aromatic rings. The highest BCUT2D eigenvalue weighted by molar-refractivity contribution is 5.25. The van der Waals surface area contributed by atoms with E-state index < -0.39 is 0 Å². The van der Waals surface area contributed by atoms with Gasteiger partial charge in [0, 0.05) is 25.3 Å². The molecule has 90 valence electrons. The summed E-state index contributed by atoms with van der Waals surface area (Å²) in [6, 6.07) is 6.24. The molecule has 0 bridgehead atoms. The topological polar surface area (TPSA) is 65.9 Å². The zero-order valence-electron chi connectivity index (χ0n) is 10.1. The maximum Gasteiger partial charge on any atom is 0.140 e. The van der Waals surface area contributed by atoms with Gasteiger partial charge in [0.25, 0.3) is 0 Å². The first-order valence-corrected chi connectivity index (χ1v) is 6.02. The summed E-state index contributed by atoms with van der Waals surface area (Å²) in [5.74, 6) is 0.543. The van der Waals surface area contributed by atoms with Gasteiger partial charge in [0.15, 0.2) is 0 Å². The Balaban J connectivity index is 1.99. The van der Waals surface area contributed by atoms with Gasteiger partial charge in [-0.05, 0) is 36.6 Å². The van der Waals surface area contributed by atoms with E-state index in [9.17, 15) is 0 Å². The minimum absolute atomic E-state index is 0.332. The third-order valence-corrected chi connectivity index (χ3v) is 3.40. The molecule has 1 saturated heterocycles. The fraction of sp³-hybridized carbons (Fsp3) is 0.538. The first-order valence-electron chi connectivity index (χ1n) is 6.02. The lowest BCUT2D eigenvalue weighted by atomic mass is 9.94. The second kappa shape index (κ2) is 5.26. The van der Waals surface area contributed by atoms with Crippen molar-refractivity contribution in [3.63, 3.8) is 0 Å². The number of pyridine rings is 1. The summed E-state index contributed by atoms with van der Waals surface area (Å²) in [4.78, 5) is 6.37. The van der Waals surface area contributed by atoms with Gasteiger partial charge in [0.1, 0.15) is 11.8 Å². The van der Waals surface area contributed by atoms with Gasteiger partial charge in [0.2, 0.25) is 0 Å². The second-order valence-electron chi connectivity index (χ2n) is 4.83. The van der Waals surface area contributed by atoms with Crippen molar-refractivity contribution in [3.8, 4) is 6.07 Å². The van der Waals surface area contributed by atoms with Crippen molar-refractivity contribution in [2.45, 2.75) is 25.9 Å². The third kappa shape index (κ3) is 3.02. The summed E-state index contributed by atoms with van der Waals surface area (Å²) >= 11 is 0. The molecule has 1 aromatic heterocycles. The van der Waals surface area contributed by atoms with Gasteiger partial charge in [-0.15, -0.1) is 0 Å². The van der Waals surface area contributed by atoms with E-state index in [1.165, 1.54) is 0 Å². The van der Waals surface area contributed by atoms with Crippen LogP contribution in [0.1, 0.15) is 24.6 Å². The molecule has 0 aromatic carbocycles. The standard InChI is InChI=1S/C13H18N4/c1-10-8-17(5-3-13(10)15)9-11-2-4-16-12(6-11)7-14/h2,4,6,10,13H,3,5,8-9,15H2,1H3. The molecule has 4 nitrogen and oxygen atoms in total. The molecule has 2 rings (SSSR count). The minimum atomic E-state index is 0.332. The van der Waals surface area contributed by atoms with Gasteiger partial charge in [-0.1, -0.05) is 6.92 Å². The Morgan fingerprint density at radius 1 is 1.65 bits per heavy atom. The summed E-state index contributed by atoms with van der Waals surface area (Å²) in [5.41, 5.74) is 7.64. The smallest absolute Gasteiger partial charge is 0.140 e. The number of nitriles is 1. The first-order chi connectivity index (χ1) is 8.19. The normalized spacial score (nSPS) is 25.5. The Labute approximate surface area is 102 Å². The number of rotatable bonds is 2. The SMILES string of the molecule is CC1CN(Cc2ccnc(C#N)c2)CCC1N. The molecule has 0 amide bonds. The molecule has 2 atom stereocenters. The molecule has 1 aliphatic heterocycles. The number of nitrogens with zero attached hydrogens (tertiary/aromatic N) is 3. The molecule has 0 spiro atoms. The monoisotopic (exact) mass is 230 g/mol. The molecule has 1 fully saturated rings. The molecule has 0 saturated carbocycles. The fourth-order valence-corrected chi connectivity index (χ4v) is 2.29. The Morgan fingerprint density at radius 3 is 3.18 bits per heavy atom. The molecule has 2 N–H and O–H groups in total. The third-order valence-electron chi connectivity index (χ3n) is 3.40. The van der Waals surface area contributed by atoms with E-state index in [2.05, 4.69) is 22.9 Å². The number of nitrogens with two attached hydrogens (primary N) is 1. The van der Waals surface area contributed by atoms with Gasteiger partial charge < -0.3 is 5.73 Å². The van der Waals surface area contributed by atoms with Crippen molar-refractivity contribution in [1.29, 1.82) is 5.26 Å². The molecule has 0 radical (unpaired) electrons. The van der Waals surface area contributed by atoms with Crippen molar-refractivity contribution >= 4 is 0 Å². The average Bonchev–Trinajstić information content (AvgIpc) is 2.34.